The maximum absolute atomic E-state index is 6.94. The highest BCUT2D eigenvalue weighted by Gasteiger charge is 2.00. The van der Waals surface area contributed by atoms with E-state index in [-0.39, 0.29) is 6.04 Å². The fourth-order valence-electron chi connectivity index (χ4n) is 0.683. The lowest BCUT2D eigenvalue weighted by molar-refractivity contribution is 0.838. The van der Waals surface area contributed by atoms with Crippen LogP contribution < -0.4 is 5.73 Å². The van der Waals surface area contributed by atoms with Gasteiger partial charge in [0.2, 0.25) is 0 Å². The van der Waals surface area contributed by atoms with Crippen molar-refractivity contribution in [1.29, 1.82) is 5.41 Å². The highest BCUT2D eigenvalue weighted by Crippen LogP contribution is 2.18. The van der Waals surface area contributed by atoms with Crippen molar-refractivity contribution in [3.05, 3.63) is 21.9 Å². The van der Waals surface area contributed by atoms with Gasteiger partial charge in [0.1, 0.15) is 0 Å². The molecule has 1 rings (SSSR count). The first-order valence-corrected chi connectivity index (χ1v) is 3.96. The third-order valence-corrected chi connectivity index (χ3v) is 2.41. The molecule has 0 fully saturated rings. The van der Waals surface area contributed by atoms with Crippen molar-refractivity contribution in [3.63, 3.8) is 0 Å². The number of hydrogen-bond acceptors (Lipinski definition) is 3. The molecule has 0 radical (unpaired) electrons. The molecule has 0 saturated heterocycles. The van der Waals surface area contributed by atoms with E-state index in [1.54, 1.807) is 11.3 Å². The van der Waals surface area contributed by atoms with E-state index < -0.39 is 0 Å². The first-order valence-electron chi connectivity index (χ1n) is 3.08. The van der Waals surface area contributed by atoms with Crippen LogP contribution in [0, 0.1) is 5.41 Å². The van der Waals surface area contributed by atoms with Crippen LogP contribution in [0.3, 0.4) is 0 Å². The van der Waals surface area contributed by atoms with Crippen LogP contribution in [0.25, 0.3) is 0 Å². The Morgan fingerprint density at radius 3 is 2.80 bits per heavy atom. The highest BCUT2D eigenvalue weighted by atomic mass is 32.1. The Labute approximate surface area is 64.2 Å². The largest absolute Gasteiger partial charge is 0.324 e. The van der Waals surface area contributed by atoms with Gasteiger partial charge in [-0.25, -0.2) is 0 Å². The Bertz CT molecular complexity index is 227. The molecule has 1 aromatic heterocycles. The summed E-state index contributed by atoms with van der Waals surface area (Å²) in [5.41, 5.74) is 6.56. The number of thiophene rings is 1. The van der Waals surface area contributed by atoms with Gasteiger partial charge in [0.25, 0.3) is 0 Å². The highest BCUT2D eigenvalue weighted by molar-refractivity contribution is 7.10. The van der Waals surface area contributed by atoms with Crippen LogP contribution in [0.2, 0.25) is 0 Å². The molecule has 3 heteroatoms. The lowest BCUT2D eigenvalue weighted by Gasteiger charge is -1.96. The summed E-state index contributed by atoms with van der Waals surface area (Å²) in [5.74, 6) is 0. The molecule has 0 aliphatic heterocycles. The van der Waals surface area contributed by atoms with Gasteiger partial charge in [-0.3, -0.25) is 0 Å². The minimum absolute atomic E-state index is 0.0960. The van der Waals surface area contributed by atoms with Crippen molar-refractivity contribution in [1.82, 2.24) is 0 Å². The Kier molecular flexibility index (Phi) is 2.19. The lowest BCUT2D eigenvalue weighted by atomic mass is 10.2. The fraction of sp³-hybridized carbons (Fsp3) is 0.286. The predicted octanol–water partition coefficient (Wildman–Crippen LogP) is 1.77. The van der Waals surface area contributed by atoms with E-state index in [0.717, 1.165) is 10.4 Å². The van der Waals surface area contributed by atoms with Gasteiger partial charge in [-0.05, 0) is 18.4 Å². The molecule has 1 heterocycles. The molecule has 1 atom stereocenters. The van der Waals surface area contributed by atoms with Crippen molar-refractivity contribution >= 4 is 17.6 Å². The predicted molar refractivity (Wildman–Crippen MR) is 44.8 cm³/mol. The Morgan fingerprint density at radius 2 is 2.50 bits per heavy atom. The van der Waals surface area contributed by atoms with E-state index in [1.165, 1.54) is 6.21 Å². The smallest absolute Gasteiger partial charge is 0.0361 e. The second kappa shape index (κ2) is 2.94. The average molecular weight is 154 g/mol. The first-order chi connectivity index (χ1) is 4.74. The van der Waals surface area contributed by atoms with Gasteiger partial charge >= 0.3 is 0 Å². The molecular formula is C7H10N2S. The van der Waals surface area contributed by atoms with E-state index in [9.17, 15) is 0 Å². The maximum atomic E-state index is 6.94. The van der Waals surface area contributed by atoms with Crippen LogP contribution >= 0.6 is 11.3 Å². The SMILES string of the molecule is C[C@@H](N)c1cc(C=N)cs1. The molecule has 10 heavy (non-hydrogen) atoms. The molecule has 0 saturated carbocycles. The molecule has 1 aromatic rings. The first kappa shape index (κ1) is 7.44. The van der Waals surface area contributed by atoms with Crippen LogP contribution in [0.5, 0.6) is 0 Å². The van der Waals surface area contributed by atoms with Gasteiger partial charge in [0, 0.05) is 22.7 Å². The second-order valence-electron chi connectivity index (χ2n) is 2.22. The minimum atomic E-state index is 0.0960. The molecule has 0 aromatic carbocycles. The molecule has 3 N–H and O–H groups in total. The number of nitrogens with one attached hydrogen (secondary N) is 1. The summed E-state index contributed by atoms with van der Waals surface area (Å²) >= 11 is 1.61. The van der Waals surface area contributed by atoms with Gasteiger partial charge in [-0.1, -0.05) is 0 Å². The molecule has 0 bridgehead atoms. The quantitative estimate of drug-likeness (QED) is 0.626. The van der Waals surface area contributed by atoms with Crippen molar-refractivity contribution < 1.29 is 0 Å². The van der Waals surface area contributed by atoms with Crippen molar-refractivity contribution in [2.75, 3.05) is 0 Å². The molecule has 0 aliphatic rings. The number of rotatable bonds is 2. The zero-order valence-corrected chi connectivity index (χ0v) is 6.61. The van der Waals surface area contributed by atoms with Crippen molar-refractivity contribution in [3.8, 4) is 0 Å². The van der Waals surface area contributed by atoms with Crippen molar-refractivity contribution in [2.24, 2.45) is 5.73 Å². The molecular weight excluding hydrogens is 144 g/mol. The third kappa shape index (κ3) is 1.43. The summed E-state index contributed by atoms with van der Waals surface area (Å²) in [4.78, 5) is 1.14. The molecule has 0 amide bonds. The van der Waals surface area contributed by atoms with Crippen LogP contribution in [0.1, 0.15) is 23.4 Å². The van der Waals surface area contributed by atoms with Gasteiger partial charge < -0.3 is 11.1 Å². The molecule has 0 spiro atoms. The van der Waals surface area contributed by atoms with E-state index >= 15 is 0 Å². The molecule has 0 unspecified atom stereocenters. The minimum Gasteiger partial charge on any atom is -0.324 e. The summed E-state index contributed by atoms with van der Waals surface area (Å²) in [7, 11) is 0. The summed E-state index contributed by atoms with van der Waals surface area (Å²) < 4.78 is 0. The Balaban J connectivity index is 2.88. The van der Waals surface area contributed by atoms with E-state index in [2.05, 4.69) is 0 Å². The summed E-state index contributed by atoms with van der Waals surface area (Å²) in [6.07, 6.45) is 1.34. The summed E-state index contributed by atoms with van der Waals surface area (Å²) in [6, 6.07) is 2.04. The van der Waals surface area contributed by atoms with Gasteiger partial charge in [-0.2, -0.15) is 0 Å². The van der Waals surface area contributed by atoms with Crippen LogP contribution in [0.15, 0.2) is 11.4 Å². The number of nitrogens with two attached hydrogens (primary N) is 1. The molecule has 54 valence electrons. The Hall–Kier alpha value is -0.670. The summed E-state index contributed by atoms with van der Waals surface area (Å²) in [5, 5.41) is 8.88. The van der Waals surface area contributed by atoms with E-state index in [1.807, 2.05) is 18.4 Å². The van der Waals surface area contributed by atoms with Crippen molar-refractivity contribution in [2.45, 2.75) is 13.0 Å². The van der Waals surface area contributed by atoms with Gasteiger partial charge in [0.15, 0.2) is 0 Å². The van der Waals surface area contributed by atoms with Crippen LogP contribution in [-0.4, -0.2) is 6.21 Å². The summed E-state index contributed by atoms with van der Waals surface area (Å²) in [6.45, 7) is 1.94. The normalized spacial score (nSPS) is 13.0. The van der Waals surface area contributed by atoms with Crippen LogP contribution in [0.4, 0.5) is 0 Å². The Morgan fingerprint density at radius 1 is 1.80 bits per heavy atom. The fourth-order valence-corrected chi connectivity index (χ4v) is 1.51. The standard InChI is InChI=1S/C7H10N2S/c1-5(9)7-2-6(3-8)4-10-7/h2-5,8H,9H2,1H3/t5-/m1/s1. The zero-order chi connectivity index (χ0) is 7.56. The van der Waals surface area contributed by atoms with E-state index in [0.29, 0.717) is 0 Å². The van der Waals surface area contributed by atoms with Gasteiger partial charge in [-0.15, -0.1) is 11.3 Å². The topological polar surface area (TPSA) is 49.9 Å². The molecule has 0 aliphatic carbocycles. The third-order valence-electron chi connectivity index (χ3n) is 1.26. The zero-order valence-electron chi connectivity index (χ0n) is 5.79. The van der Waals surface area contributed by atoms with Gasteiger partial charge in [0.05, 0.1) is 0 Å². The maximum Gasteiger partial charge on any atom is 0.0361 e. The lowest BCUT2D eigenvalue weighted by Crippen LogP contribution is -2.01. The second-order valence-corrected chi connectivity index (χ2v) is 3.16. The van der Waals surface area contributed by atoms with Crippen LogP contribution in [-0.2, 0) is 0 Å². The average Bonchev–Trinajstić information content (AvgIpc) is 2.34. The molecule has 2 nitrogen and oxygen atoms in total. The van der Waals surface area contributed by atoms with E-state index in [4.69, 9.17) is 11.1 Å². The number of hydrogen-bond donors (Lipinski definition) is 2. The monoisotopic (exact) mass is 154 g/mol.